The topological polar surface area (TPSA) is 83.6 Å². The number of hydrazine groups is 1. The Morgan fingerprint density at radius 3 is 2.82 bits per heavy atom. The van der Waals surface area contributed by atoms with Gasteiger partial charge in [-0.2, -0.15) is 0 Å². The summed E-state index contributed by atoms with van der Waals surface area (Å²) in [5.74, 6) is 4.29. The number of benzene rings is 1. The molecule has 0 fully saturated rings. The maximum Gasteiger partial charge on any atom is 0.278 e. The number of hydrogen-bond donors (Lipinski definition) is 2. The van der Waals surface area contributed by atoms with Gasteiger partial charge >= 0.3 is 0 Å². The van der Waals surface area contributed by atoms with Crippen molar-refractivity contribution in [2.45, 2.75) is 26.2 Å². The van der Waals surface area contributed by atoms with Crippen molar-refractivity contribution in [1.29, 1.82) is 0 Å². The van der Waals surface area contributed by atoms with Crippen LogP contribution < -0.4 is 5.84 Å². The van der Waals surface area contributed by atoms with Crippen molar-refractivity contribution >= 4 is 12.3 Å². The summed E-state index contributed by atoms with van der Waals surface area (Å²) < 4.78 is 0. The van der Waals surface area contributed by atoms with Crippen molar-refractivity contribution in [1.82, 2.24) is 5.01 Å². The minimum absolute atomic E-state index is 0.0493. The number of aryl methyl sites for hydroxylation is 1. The van der Waals surface area contributed by atoms with Crippen LogP contribution in [0.1, 0.15) is 35.7 Å². The summed E-state index contributed by atoms with van der Waals surface area (Å²) in [4.78, 5) is 22.0. The number of carbonyl (C=O) groups is 2. The van der Waals surface area contributed by atoms with Crippen LogP contribution in [0.4, 0.5) is 0 Å². The van der Waals surface area contributed by atoms with Gasteiger partial charge in [-0.05, 0) is 30.5 Å². The van der Waals surface area contributed by atoms with Gasteiger partial charge in [0.25, 0.3) is 5.91 Å². The fraction of sp³-hybridized carbons (Fsp3) is 0.333. The largest absolute Gasteiger partial charge is 0.507 e. The van der Waals surface area contributed by atoms with Crippen LogP contribution in [0.15, 0.2) is 18.2 Å². The van der Waals surface area contributed by atoms with E-state index in [4.69, 9.17) is 5.84 Å². The molecule has 0 spiro atoms. The summed E-state index contributed by atoms with van der Waals surface area (Å²) in [7, 11) is 0. The summed E-state index contributed by atoms with van der Waals surface area (Å²) in [5, 5.41) is 9.97. The molecule has 0 saturated heterocycles. The molecule has 1 aromatic rings. The molecule has 0 aromatic heterocycles. The third kappa shape index (κ3) is 3.29. The van der Waals surface area contributed by atoms with Gasteiger partial charge in [-0.1, -0.05) is 19.4 Å². The fourth-order valence-corrected chi connectivity index (χ4v) is 1.48. The van der Waals surface area contributed by atoms with Crippen LogP contribution in [0.3, 0.4) is 0 Å². The van der Waals surface area contributed by atoms with Crippen LogP contribution in [0.25, 0.3) is 0 Å². The van der Waals surface area contributed by atoms with Crippen LogP contribution in [-0.4, -0.2) is 22.4 Å². The summed E-state index contributed by atoms with van der Waals surface area (Å²) in [6, 6.07) is 4.76. The summed E-state index contributed by atoms with van der Waals surface area (Å²) in [6.07, 6.45) is 3.07. The van der Waals surface area contributed by atoms with Crippen molar-refractivity contribution in [3.05, 3.63) is 29.3 Å². The van der Waals surface area contributed by atoms with E-state index in [2.05, 4.69) is 6.92 Å². The number of hydrogen-bond acceptors (Lipinski definition) is 4. The van der Waals surface area contributed by atoms with Crippen LogP contribution in [0, 0.1) is 0 Å². The summed E-state index contributed by atoms with van der Waals surface area (Å²) in [6.45, 7) is 2.07. The van der Waals surface area contributed by atoms with Crippen LogP contribution in [-0.2, 0) is 11.2 Å². The Kier molecular flexibility index (Phi) is 4.66. The predicted octanol–water partition coefficient (Wildman–Crippen LogP) is 1.21. The van der Waals surface area contributed by atoms with Gasteiger partial charge in [0.2, 0.25) is 6.41 Å². The lowest BCUT2D eigenvalue weighted by Crippen LogP contribution is -2.36. The molecular weight excluding hydrogens is 220 g/mol. The molecule has 0 aliphatic heterocycles. The van der Waals surface area contributed by atoms with Gasteiger partial charge < -0.3 is 5.11 Å². The average Bonchev–Trinajstić information content (AvgIpc) is 2.36. The third-order valence-corrected chi connectivity index (χ3v) is 2.46. The number of amides is 2. The quantitative estimate of drug-likeness (QED) is 0.348. The normalized spacial score (nSPS) is 10.0. The molecule has 0 heterocycles. The standard InChI is InChI=1S/C12H16N2O3/c1-2-3-4-9-5-6-11(16)10(7-9)12(17)14(13)8-15/h5-8,16H,2-4,13H2,1H3. The number of carbonyl (C=O) groups excluding carboxylic acids is 2. The first-order valence-corrected chi connectivity index (χ1v) is 5.45. The molecular formula is C12H16N2O3. The van der Waals surface area contributed by atoms with E-state index < -0.39 is 5.91 Å². The van der Waals surface area contributed by atoms with E-state index in [1.165, 1.54) is 6.07 Å². The highest BCUT2D eigenvalue weighted by Gasteiger charge is 2.16. The molecule has 5 nitrogen and oxygen atoms in total. The molecule has 2 amide bonds. The highest BCUT2D eigenvalue weighted by molar-refractivity contribution is 6.01. The van der Waals surface area contributed by atoms with E-state index in [0.717, 1.165) is 24.8 Å². The summed E-state index contributed by atoms with van der Waals surface area (Å²) >= 11 is 0. The lowest BCUT2D eigenvalue weighted by molar-refractivity contribution is -0.116. The van der Waals surface area contributed by atoms with E-state index >= 15 is 0 Å². The zero-order valence-electron chi connectivity index (χ0n) is 9.72. The third-order valence-electron chi connectivity index (χ3n) is 2.46. The molecule has 5 heteroatoms. The monoisotopic (exact) mass is 236 g/mol. The van der Waals surface area contributed by atoms with E-state index in [1.807, 2.05) is 0 Å². The molecule has 0 aliphatic carbocycles. The molecule has 0 aliphatic rings. The number of aromatic hydroxyl groups is 1. The van der Waals surface area contributed by atoms with Gasteiger partial charge in [0.1, 0.15) is 5.75 Å². The first-order chi connectivity index (χ1) is 8.10. The first kappa shape index (κ1) is 13.2. The van der Waals surface area contributed by atoms with Gasteiger partial charge in [-0.15, -0.1) is 0 Å². The van der Waals surface area contributed by atoms with Crippen molar-refractivity contribution in [2.75, 3.05) is 0 Å². The zero-order chi connectivity index (χ0) is 12.8. The molecule has 0 radical (unpaired) electrons. The molecule has 1 aromatic carbocycles. The van der Waals surface area contributed by atoms with Gasteiger partial charge in [0, 0.05) is 0 Å². The van der Waals surface area contributed by atoms with Gasteiger partial charge in [0.05, 0.1) is 5.56 Å². The number of nitrogens with zero attached hydrogens (tertiary/aromatic N) is 1. The smallest absolute Gasteiger partial charge is 0.278 e. The molecule has 0 atom stereocenters. The fourth-order valence-electron chi connectivity index (χ4n) is 1.48. The average molecular weight is 236 g/mol. The second kappa shape index (κ2) is 6.00. The van der Waals surface area contributed by atoms with E-state index in [9.17, 15) is 14.7 Å². The number of nitrogens with two attached hydrogens (primary N) is 1. The Morgan fingerprint density at radius 2 is 2.24 bits per heavy atom. The lowest BCUT2D eigenvalue weighted by Gasteiger charge is -2.11. The molecule has 0 saturated carbocycles. The van der Waals surface area contributed by atoms with E-state index in [-0.39, 0.29) is 17.7 Å². The molecule has 92 valence electrons. The Balaban J connectivity index is 2.97. The zero-order valence-corrected chi connectivity index (χ0v) is 9.72. The van der Waals surface area contributed by atoms with Crippen molar-refractivity contribution < 1.29 is 14.7 Å². The molecule has 0 unspecified atom stereocenters. The van der Waals surface area contributed by atoms with Crippen LogP contribution >= 0.6 is 0 Å². The van der Waals surface area contributed by atoms with Crippen molar-refractivity contribution in [3.63, 3.8) is 0 Å². The number of imide groups is 1. The highest BCUT2D eigenvalue weighted by Crippen LogP contribution is 2.20. The second-order valence-corrected chi connectivity index (χ2v) is 3.77. The SMILES string of the molecule is CCCCc1ccc(O)c(C(=O)N(N)C=O)c1. The number of unbranched alkanes of at least 4 members (excludes halogenated alkanes) is 1. The maximum absolute atomic E-state index is 11.6. The number of phenolic OH excluding ortho intramolecular Hbond substituents is 1. The minimum Gasteiger partial charge on any atom is -0.507 e. The molecule has 3 N–H and O–H groups in total. The van der Waals surface area contributed by atoms with Crippen LogP contribution in [0.2, 0.25) is 0 Å². The number of rotatable bonds is 5. The van der Waals surface area contributed by atoms with Crippen LogP contribution in [0.5, 0.6) is 5.75 Å². The number of phenols is 1. The Bertz CT molecular complexity index is 418. The van der Waals surface area contributed by atoms with E-state index in [1.54, 1.807) is 12.1 Å². The molecule has 1 rings (SSSR count). The minimum atomic E-state index is -0.712. The first-order valence-electron chi connectivity index (χ1n) is 5.45. The lowest BCUT2D eigenvalue weighted by atomic mass is 10.0. The Labute approximate surface area is 99.8 Å². The highest BCUT2D eigenvalue weighted by atomic mass is 16.3. The van der Waals surface area contributed by atoms with E-state index in [0.29, 0.717) is 5.01 Å². The van der Waals surface area contributed by atoms with Crippen molar-refractivity contribution in [2.24, 2.45) is 5.84 Å². The second-order valence-electron chi connectivity index (χ2n) is 3.77. The van der Waals surface area contributed by atoms with Gasteiger partial charge in [0.15, 0.2) is 0 Å². The van der Waals surface area contributed by atoms with Crippen molar-refractivity contribution in [3.8, 4) is 5.75 Å². The summed E-state index contributed by atoms with van der Waals surface area (Å²) in [5.41, 5.74) is 0.987. The van der Waals surface area contributed by atoms with Gasteiger partial charge in [-0.25, -0.2) is 10.9 Å². The predicted molar refractivity (Wildman–Crippen MR) is 63.1 cm³/mol. The molecule has 17 heavy (non-hydrogen) atoms. The maximum atomic E-state index is 11.6. The Hall–Kier alpha value is -1.88. The van der Waals surface area contributed by atoms with Gasteiger partial charge in [-0.3, -0.25) is 9.59 Å². The molecule has 0 bridgehead atoms. The Morgan fingerprint density at radius 1 is 1.53 bits per heavy atom.